The Labute approximate surface area is 116 Å². The van der Waals surface area contributed by atoms with E-state index in [1.54, 1.807) is 17.0 Å². The molecule has 2 N–H and O–H groups in total. The zero-order valence-corrected chi connectivity index (χ0v) is 11.2. The van der Waals surface area contributed by atoms with Gasteiger partial charge in [0.05, 0.1) is 0 Å². The molecule has 2 rings (SSSR count). The lowest BCUT2D eigenvalue weighted by atomic mass is 9.92. The highest BCUT2D eigenvalue weighted by Gasteiger charge is 2.24. The van der Waals surface area contributed by atoms with Crippen molar-refractivity contribution in [3.8, 4) is 0 Å². The fraction of sp³-hybridized carbons (Fsp3) is 0.500. The zero-order chi connectivity index (χ0) is 14.5. The third kappa shape index (κ3) is 3.69. The first-order valence-electron chi connectivity index (χ1n) is 6.76. The molecule has 1 aliphatic heterocycles. The molecule has 0 unspecified atom stereocenters. The Kier molecular flexibility index (Phi) is 4.55. The summed E-state index contributed by atoms with van der Waals surface area (Å²) in [7, 11) is 0. The molecule has 1 aromatic heterocycles. The van der Waals surface area contributed by atoms with Crippen molar-refractivity contribution >= 4 is 11.9 Å². The number of nitrogens with zero attached hydrogens (tertiary/aromatic N) is 1. The highest BCUT2D eigenvalue weighted by Crippen LogP contribution is 2.22. The molecular weight excluding hydrogens is 260 g/mol. The summed E-state index contributed by atoms with van der Waals surface area (Å²) < 4.78 is 0. The number of aromatic nitrogens is 1. The van der Waals surface area contributed by atoms with Crippen molar-refractivity contribution in [3.63, 3.8) is 0 Å². The van der Waals surface area contributed by atoms with Gasteiger partial charge in [0, 0.05) is 25.6 Å². The number of H-pyrrole nitrogens is 1. The smallest absolute Gasteiger partial charge is 0.303 e. The minimum atomic E-state index is -0.773. The SMILES string of the molecule is O=C(O)CCC1CCN(C(=O)c2cccc(=O)[nH]2)CC1. The fourth-order valence-corrected chi connectivity index (χ4v) is 2.50. The molecule has 20 heavy (non-hydrogen) atoms. The van der Waals surface area contributed by atoms with Crippen LogP contribution in [0.5, 0.6) is 0 Å². The fourth-order valence-electron chi connectivity index (χ4n) is 2.50. The van der Waals surface area contributed by atoms with Crippen molar-refractivity contribution in [2.45, 2.75) is 25.7 Å². The third-order valence-electron chi connectivity index (χ3n) is 3.67. The molecule has 0 atom stereocenters. The topological polar surface area (TPSA) is 90.5 Å². The predicted molar refractivity (Wildman–Crippen MR) is 72.6 cm³/mol. The number of piperidine rings is 1. The van der Waals surface area contributed by atoms with Gasteiger partial charge in [-0.05, 0) is 31.2 Å². The molecule has 1 aromatic rings. The molecule has 0 aromatic carbocycles. The average molecular weight is 278 g/mol. The lowest BCUT2D eigenvalue weighted by Crippen LogP contribution is -2.39. The summed E-state index contributed by atoms with van der Waals surface area (Å²) in [6, 6.07) is 4.53. The molecule has 0 aliphatic carbocycles. The number of aromatic amines is 1. The number of hydrogen-bond donors (Lipinski definition) is 2. The van der Waals surface area contributed by atoms with Gasteiger partial charge in [0.25, 0.3) is 5.91 Å². The molecule has 1 aliphatic rings. The summed E-state index contributed by atoms with van der Waals surface area (Å²) in [4.78, 5) is 38.2. The number of carbonyl (C=O) groups excluding carboxylic acids is 1. The van der Waals surface area contributed by atoms with Crippen LogP contribution >= 0.6 is 0 Å². The number of nitrogens with one attached hydrogen (secondary N) is 1. The molecule has 1 saturated heterocycles. The van der Waals surface area contributed by atoms with Gasteiger partial charge in [-0.1, -0.05) is 6.07 Å². The van der Waals surface area contributed by atoms with Gasteiger partial charge in [0.1, 0.15) is 5.69 Å². The van der Waals surface area contributed by atoms with Crippen LogP contribution in [0, 0.1) is 5.92 Å². The standard InChI is InChI=1S/C14H18N2O4/c17-12-3-1-2-11(15-12)14(20)16-8-6-10(7-9-16)4-5-13(18)19/h1-3,10H,4-9H2,(H,15,17)(H,18,19). The summed E-state index contributed by atoms with van der Waals surface area (Å²) in [5.41, 5.74) is 0.0219. The van der Waals surface area contributed by atoms with E-state index in [1.807, 2.05) is 0 Å². The number of hydrogen-bond acceptors (Lipinski definition) is 3. The number of carboxylic acid groups (broad SMARTS) is 1. The molecule has 1 amide bonds. The van der Waals surface area contributed by atoms with Crippen LogP contribution < -0.4 is 5.56 Å². The number of likely N-dealkylation sites (tertiary alicyclic amines) is 1. The normalized spacial score (nSPS) is 16.1. The van der Waals surface area contributed by atoms with E-state index in [0.717, 1.165) is 12.8 Å². The zero-order valence-electron chi connectivity index (χ0n) is 11.2. The highest BCUT2D eigenvalue weighted by molar-refractivity contribution is 5.92. The Hall–Kier alpha value is -2.11. The quantitative estimate of drug-likeness (QED) is 0.862. The molecule has 0 radical (unpaired) electrons. The molecule has 0 bridgehead atoms. The lowest BCUT2D eigenvalue weighted by molar-refractivity contribution is -0.137. The molecule has 6 nitrogen and oxygen atoms in total. The number of rotatable bonds is 4. The molecule has 0 spiro atoms. The Morgan fingerprint density at radius 2 is 2.00 bits per heavy atom. The number of pyridine rings is 1. The summed E-state index contributed by atoms with van der Waals surface area (Å²) in [5, 5.41) is 8.66. The summed E-state index contributed by atoms with van der Waals surface area (Å²) >= 11 is 0. The second-order valence-corrected chi connectivity index (χ2v) is 5.10. The van der Waals surface area contributed by atoms with Crippen molar-refractivity contribution in [3.05, 3.63) is 34.2 Å². The summed E-state index contributed by atoms with van der Waals surface area (Å²) in [6.07, 6.45) is 2.48. The van der Waals surface area contributed by atoms with Crippen molar-refractivity contribution in [2.24, 2.45) is 5.92 Å². The largest absolute Gasteiger partial charge is 0.481 e. The first-order valence-corrected chi connectivity index (χ1v) is 6.76. The van der Waals surface area contributed by atoms with Crippen LogP contribution in [0.15, 0.2) is 23.0 Å². The third-order valence-corrected chi connectivity index (χ3v) is 3.67. The second kappa shape index (κ2) is 6.36. The minimum Gasteiger partial charge on any atom is -0.481 e. The highest BCUT2D eigenvalue weighted by atomic mass is 16.4. The molecule has 2 heterocycles. The van der Waals surface area contributed by atoms with Crippen LogP contribution in [0.1, 0.15) is 36.2 Å². The maximum atomic E-state index is 12.2. The lowest BCUT2D eigenvalue weighted by Gasteiger charge is -2.31. The van der Waals surface area contributed by atoms with Gasteiger partial charge in [0.2, 0.25) is 5.56 Å². The van der Waals surface area contributed by atoms with Crippen molar-refractivity contribution < 1.29 is 14.7 Å². The van der Waals surface area contributed by atoms with Gasteiger partial charge in [-0.15, -0.1) is 0 Å². The number of carbonyl (C=O) groups is 2. The minimum absolute atomic E-state index is 0.167. The molecule has 1 fully saturated rings. The van der Waals surface area contributed by atoms with E-state index in [1.165, 1.54) is 6.07 Å². The van der Waals surface area contributed by atoms with Gasteiger partial charge >= 0.3 is 5.97 Å². The van der Waals surface area contributed by atoms with Crippen LogP contribution in [-0.2, 0) is 4.79 Å². The Morgan fingerprint density at radius 3 is 2.60 bits per heavy atom. The molecular formula is C14H18N2O4. The maximum absolute atomic E-state index is 12.2. The molecule has 0 saturated carbocycles. The van der Waals surface area contributed by atoms with Crippen LogP contribution in [0.3, 0.4) is 0 Å². The predicted octanol–water partition coefficient (Wildman–Crippen LogP) is 1.09. The second-order valence-electron chi connectivity index (χ2n) is 5.10. The van der Waals surface area contributed by atoms with E-state index in [4.69, 9.17) is 5.11 Å². The number of aliphatic carboxylic acids is 1. The van der Waals surface area contributed by atoms with E-state index in [2.05, 4.69) is 4.98 Å². The van der Waals surface area contributed by atoms with Gasteiger partial charge in [-0.3, -0.25) is 14.4 Å². The maximum Gasteiger partial charge on any atom is 0.303 e. The number of amides is 1. The van der Waals surface area contributed by atoms with E-state index >= 15 is 0 Å². The number of carboxylic acids is 1. The monoisotopic (exact) mass is 278 g/mol. The van der Waals surface area contributed by atoms with E-state index in [-0.39, 0.29) is 17.9 Å². The van der Waals surface area contributed by atoms with E-state index < -0.39 is 5.97 Å². The van der Waals surface area contributed by atoms with Crippen molar-refractivity contribution in [1.29, 1.82) is 0 Å². The Bertz CT molecular complexity index is 544. The van der Waals surface area contributed by atoms with Gasteiger partial charge in [0.15, 0.2) is 0 Å². The average Bonchev–Trinajstić information content (AvgIpc) is 2.45. The van der Waals surface area contributed by atoms with Crippen molar-refractivity contribution in [2.75, 3.05) is 13.1 Å². The first kappa shape index (κ1) is 14.3. The molecule has 108 valence electrons. The van der Waals surface area contributed by atoms with Gasteiger partial charge in [-0.25, -0.2) is 0 Å². The van der Waals surface area contributed by atoms with Gasteiger partial charge in [-0.2, -0.15) is 0 Å². The van der Waals surface area contributed by atoms with E-state index in [9.17, 15) is 14.4 Å². The van der Waals surface area contributed by atoms with Crippen molar-refractivity contribution in [1.82, 2.24) is 9.88 Å². The van der Waals surface area contributed by atoms with Crippen LogP contribution in [0.2, 0.25) is 0 Å². The molecule has 6 heteroatoms. The first-order chi connectivity index (χ1) is 9.56. The van der Waals surface area contributed by atoms with Gasteiger partial charge < -0.3 is 15.0 Å². The van der Waals surface area contributed by atoms with E-state index in [0.29, 0.717) is 31.1 Å². The van der Waals surface area contributed by atoms with Crippen LogP contribution in [0.4, 0.5) is 0 Å². The van der Waals surface area contributed by atoms with Crippen LogP contribution in [0.25, 0.3) is 0 Å². The Balaban J connectivity index is 1.89. The Morgan fingerprint density at radius 1 is 1.30 bits per heavy atom. The summed E-state index contributed by atoms with van der Waals surface area (Å²) in [6.45, 7) is 1.22. The summed E-state index contributed by atoms with van der Waals surface area (Å²) in [5.74, 6) is -0.574. The van der Waals surface area contributed by atoms with Crippen LogP contribution in [-0.4, -0.2) is 40.0 Å².